The van der Waals surface area contributed by atoms with Crippen molar-refractivity contribution in [3.63, 3.8) is 0 Å². The summed E-state index contributed by atoms with van der Waals surface area (Å²) in [6.07, 6.45) is -4.61. The maximum absolute atomic E-state index is 14.0. The van der Waals surface area contributed by atoms with Gasteiger partial charge in [0, 0.05) is 19.7 Å². The Morgan fingerprint density at radius 3 is 2.08 bits per heavy atom. The van der Waals surface area contributed by atoms with Crippen molar-refractivity contribution in [1.29, 1.82) is 0 Å². The summed E-state index contributed by atoms with van der Waals surface area (Å²) in [7, 11) is 3.44. The summed E-state index contributed by atoms with van der Waals surface area (Å²) >= 11 is 0. The molecule has 4 aromatic carbocycles. The molecule has 0 unspecified atom stereocenters. The first-order valence-electron chi connectivity index (χ1n) is 12.0. The van der Waals surface area contributed by atoms with Crippen LogP contribution in [0.5, 0.6) is 0 Å². The number of hydrogen-bond acceptors (Lipinski definition) is 3. The van der Waals surface area contributed by atoms with Crippen LogP contribution in [0.2, 0.25) is 0 Å². The minimum Gasteiger partial charge on any atom is -0.623 e. The van der Waals surface area contributed by atoms with Crippen LogP contribution in [0.4, 0.5) is 18.9 Å². The van der Waals surface area contributed by atoms with E-state index in [-0.39, 0.29) is 43.6 Å². The zero-order valence-corrected chi connectivity index (χ0v) is 23.4. The summed E-state index contributed by atoms with van der Waals surface area (Å²) in [4.78, 5) is 22.2. The third kappa shape index (κ3) is 4.82. The number of rotatable bonds is 4. The van der Waals surface area contributed by atoms with Gasteiger partial charge in [0.05, 0.1) is 39.6 Å². The molecule has 0 saturated heterocycles. The fourth-order valence-corrected chi connectivity index (χ4v) is 4.67. The minimum absolute atomic E-state index is 0. The molecule has 0 bridgehead atoms. The van der Waals surface area contributed by atoms with E-state index >= 15 is 0 Å². The van der Waals surface area contributed by atoms with Crippen molar-refractivity contribution in [2.45, 2.75) is 6.18 Å². The van der Waals surface area contributed by atoms with Gasteiger partial charge in [0.15, 0.2) is 0 Å². The predicted molar refractivity (Wildman–Crippen MR) is 143 cm³/mol. The molecule has 0 aliphatic carbocycles. The fourth-order valence-electron chi connectivity index (χ4n) is 4.67. The SMILES string of the molecule is Cn1c(-c2[c-]c(-c3nc4c(C(=O)[N-]c5ccccc5)cccc4n3C)cc(C(F)(F)F)c2)nc2ccccc21.[Pt+2]. The van der Waals surface area contributed by atoms with Crippen LogP contribution < -0.4 is 0 Å². The Morgan fingerprint density at radius 2 is 1.40 bits per heavy atom. The molecule has 10 heteroatoms. The van der Waals surface area contributed by atoms with Gasteiger partial charge >= 0.3 is 27.2 Å². The van der Waals surface area contributed by atoms with Gasteiger partial charge in [-0.05, 0) is 23.8 Å². The number of halogens is 3. The normalized spacial score (nSPS) is 11.5. The minimum atomic E-state index is -4.61. The zero-order chi connectivity index (χ0) is 27.3. The van der Waals surface area contributed by atoms with Crippen LogP contribution >= 0.6 is 0 Å². The molecule has 0 aliphatic heterocycles. The number of carbonyl (C=O) groups is 1. The van der Waals surface area contributed by atoms with Crippen LogP contribution in [0.15, 0.2) is 84.9 Å². The zero-order valence-electron chi connectivity index (χ0n) is 21.2. The molecular formula is C30H20F3N5OPt. The standard InChI is InChI=1S/C30H21F3N5O.Pt/c1-37-24-13-7-6-12-23(24)35-27(37)18-15-19(17-20(16-18)30(31,32)33)28-36-26-22(11-8-14-25(26)38(28)2)29(39)34-21-9-4-3-5-10-21;/h3-14,16-17H,1-2H3,(H,34,39);/q-1;+2/p-1. The monoisotopic (exact) mass is 718 g/mol. The second-order valence-electron chi connectivity index (χ2n) is 9.10. The van der Waals surface area contributed by atoms with Crippen molar-refractivity contribution in [3.05, 3.63) is 107 Å². The number of benzene rings is 4. The van der Waals surface area contributed by atoms with E-state index in [9.17, 15) is 18.0 Å². The summed E-state index contributed by atoms with van der Waals surface area (Å²) in [6.45, 7) is 0. The van der Waals surface area contributed by atoms with E-state index < -0.39 is 17.6 Å². The molecular weight excluding hydrogens is 698 g/mol. The maximum Gasteiger partial charge on any atom is 2.00 e. The molecule has 2 aromatic heterocycles. The Bertz CT molecular complexity index is 1880. The van der Waals surface area contributed by atoms with Crippen LogP contribution in [0.25, 0.3) is 50.2 Å². The van der Waals surface area contributed by atoms with E-state index in [4.69, 9.17) is 0 Å². The topological polar surface area (TPSA) is 66.8 Å². The van der Waals surface area contributed by atoms with Crippen molar-refractivity contribution < 1.29 is 39.0 Å². The number of aryl methyl sites for hydroxylation is 2. The van der Waals surface area contributed by atoms with Crippen LogP contribution in [-0.2, 0) is 41.3 Å². The summed E-state index contributed by atoms with van der Waals surface area (Å²) in [6, 6.07) is 26.3. The van der Waals surface area contributed by atoms with Crippen molar-refractivity contribution in [2.24, 2.45) is 14.1 Å². The van der Waals surface area contributed by atoms with Gasteiger partial charge in [-0.25, -0.2) is 0 Å². The number of imidazole rings is 2. The van der Waals surface area contributed by atoms with Crippen LogP contribution in [0, 0.1) is 6.07 Å². The summed E-state index contributed by atoms with van der Waals surface area (Å²) in [5.74, 6) is 0.0841. The van der Waals surface area contributed by atoms with Gasteiger partial charge in [-0.2, -0.15) is 13.2 Å². The smallest absolute Gasteiger partial charge is 0.623 e. The number of aromatic nitrogens is 4. The van der Waals surface area contributed by atoms with Gasteiger partial charge < -0.3 is 19.2 Å². The van der Waals surface area contributed by atoms with Gasteiger partial charge in [0.1, 0.15) is 0 Å². The third-order valence-electron chi connectivity index (χ3n) is 6.59. The van der Waals surface area contributed by atoms with Crippen molar-refractivity contribution in [3.8, 4) is 22.8 Å². The molecule has 0 N–H and O–H groups in total. The molecule has 202 valence electrons. The molecule has 0 saturated carbocycles. The van der Waals surface area contributed by atoms with E-state index in [0.29, 0.717) is 28.1 Å². The number of nitrogens with zero attached hydrogens (tertiary/aromatic N) is 5. The van der Waals surface area contributed by atoms with Gasteiger partial charge in [-0.15, -0.1) is 23.9 Å². The van der Waals surface area contributed by atoms with Gasteiger partial charge in [-0.1, -0.05) is 65.7 Å². The quantitative estimate of drug-likeness (QED) is 0.178. The van der Waals surface area contributed by atoms with E-state index in [1.54, 1.807) is 71.8 Å². The number of amides is 1. The number of carbonyl (C=O) groups excluding carboxylic acids is 1. The largest absolute Gasteiger partial charge is 2.00 e. The first-order valence-corrected chi connectivity index (χ1v) is 12.0. The summed E-state index contributed by atoms with van der Waals surface area (Å²) in [5.41, 5.74) is 2.58. The summed E-state index contributed by atoms with van der Waals surface area (Å²) < 4.78 is 45.5. The van der Waals surface area contributed by atoms with E-state index in [1.165, 1.54) is 0 Å². The van der Waals surface area contributed by atoms with E-state index in [1.807, 2.05) is 24.3 Å². The van der Waals surface area contributed by atoms with E-state index in [2.05, 4.69) is 21.4 Å². The van der Waals surface area contributed by atoms with Gasteiger partial charge in [-0.3, -0.25) is 9.97 Å². The average Bonchev–Trinajstić information content (AvgIpc) is 3.45. The number of hydrogen-bond donors (Lipinski definition) is 0. The molecule has 0 spiro atoms. The van der Waals surface area contributed by atoms with Crippen molar-refractivity contribution in [1.82, 2.24) is 19.1 Å². The molecule has 0 aliphatic rings. The van der Waals surface area contributed by atoms with Crippen LogP contribution in [0.3, 0.4) is 0 Å². The Hall–Kier alpha value is -4.23. The van der Waals surface area contributed by atoms with Gasteiger partial charge in [0.25, 0.3) is 0 Å². The van der Waals surface area contributed by atoms with Crippen molar-refractivity contribution >= 4 is 33.7 Å². The first kappa shape index (κ1) is 27.3. The van der Waals surface area contributed by atoms with Crippen LogP contribution in [0.1, 0.15) is 15.9 Å². The Labute approximate surface area is 241 Å². The molecule has 2 heterocycles. The molecule has 0 radical (unpaired) electrons. The van der Waals surface area contributed by atoms with Crippen LogP contribution in [-0.4, -0.2) is 25.0 Å². The number of para-hydroxylation sites is 4. The Kier molecular flexibility index (Phi) is 7.10. The average molecular weight is 719 g/mol. The fraction of sp³-hybridized carbons (Fsp3) is 0.100. The second kappa shape index (κ2) is 10.4. The third-order valence-corrected chi connectivity index (χ3v) is 6.59. The Morgan fingerprint density at radius 1 is 0.800 bits per heavy atom. The molecule has 0 fully saturated rings. The molecule has 40 heavy (non-hydrogen) atoms. The Balaban J connectivity index is 0.00000323. The maximum atomic E-state index is 14.0. The van der Waals surface area contributed by atoms with Crippen molar-refractivity contribution in [2.75, 3.05) is 0 Å². The number of fused-ring (bicyclic) bond motifs is 2. The molecule has 6 rings (SSSR count). The van der Waals surface area contributed by atoms with Gasteiger partial charge in [0.2, 0.25) is 0 Å². The number of alkyl halides is 3. The summed E-state index contributed by atoms with van der Waals surface area (Å²) in [5, 5.41) is 4.17. The molecule has 0 atom stereocenters. The van der Waals surface area contributed by atoms with E-state index in [0.717, 1.165) is 17.6 Å². The molecule has 6 nitrogen and oxygen atoms in total. The molecule has 6 aromatic rings. The second-order valence-corrected chi connectivity index (χ2v) is 9.10. The predicted octanol–water partition coefficient (Wildman–Crippen LogP) is 7.46. The first-order chi connectivity index (χ1) is 18.7. The molecule has 1 amide bonds.